The Hall–Kier alpha value is -2.29. The van der Waals surface area contributed by atoms with Crippen LogP contribution in [0.1, 0.15) is 47.2 Å². The molecule has 0 saturated carbocycles. The second kappa shape index (κ2) is 8.22. The zero-order valence-electron chi connectivity index (χ0n) is 16.7. The molecule has 3 N–H and O–H groups in total. The molecular weight excluding hydrogens is 372 g/mol. The zero-order chi connectivity index (χ0) is 20.5. The third-order valence-electron chi connectivity index (χ3n) is 6.37. The van der Waals surface area contributed by atoms with Gasteiger partial charge in [-0.15, -0.1) is 0 Å². The smallest absolute Gasteiger partial charge is 0.255 e. The lowest BCUT2D eigenvalue weighted by Gasteiger charge is -2.38. The van der Waals surface area contributed by atoms with E-state index in [0.29, 0.717) is 25.1 Å². The number of piperidine rings is 2. The third-order valence-corrected chi connectivity index (χ3v) is 6.37. The molecule has 29 heavy (non-hydrogen) atoms. The minimum atomic E-state index is -0.578. The number of rotatable bonds is 5. The molecule has 0 spiro atoms. The number of carbonyl (C=O) groups is 3. The highest BCUT2D eigenvalue weighted by Crippen LogP contribution is 2.29. The van der Waals surface area contributed by atoms with E-state index in [1.807, 2.05) is 12.1 Å². The molecule has 3 amide bonds. The summed E-state index contributed by atoms with van der Waals surface area (Å²) in [5.74, 6) is -0.788. The number of likely N-dealkylation sites (tertiary alicyclic amines) is 1. The van der Waals surface area contributed by atoms with Crippen LogP contribution in [0.2, 0.25) is 0 Å². The van der Waals surface area contributed by atoms with Crippen molar-refractivity contribution < 1.29 is 19.1 Å². The average molecular weight is 400 g/mol. The van der Waals surface area contributed by atoms with E-state index in [1.54, 1.807) is 12.0 Å². The highest BCUT2D eigenvalue weighted by molar-refractivity contribution is 6.05. The quantitative estimate of drug-likeness (QED) is 0.693. The van der Waals surface area contributed by atoms with Crippen LogP contribution in [-0.2, 0) is 27.4 Å². The number of benzene rings is 1. The lowest BCUT2D eigenvalue weighted by Crippen LogP contribution is -2.52. The molecule has 0 radical (unpaired) electrons. The number of methoxy groups -OCH3 is 1. The van der Waals surface area contributed by atoms with Gasteiger partial charge in [0.2, 0.25) is 11.8 Å². The molecule has 2 saturated heterocycles. The van der Waals surface area contributed by atoms with Gasteiger partial charge in [-0.2, -0.15) is 0 Å². The summed E-state index contributed by atoms with van der Waals surface area (Å²) in [7, 11) is 1.74. The monoisotopic (exact) mass is 400 g/mol. The maximum atomic E-state index is 13.0. The maximum absolute atomic E-state index is 13.0. The first-order chi connectivity index (χ1) is 14.0. The van der Waals surface area contributed by atoms with Crippen LogP contribution in [0.25, 0.3) is 0 Å². The summed E-state index contributed by atoms with van der Waals surface area (Å²) in [6.45, 7) is 2.63. The van der Waals surface area contributed by atoms with Gasteiger partial charge in [0.25, 0.3) is 5.91 Å². The van der Waals surface area contributed by atoms with Crippen LogP contribution in [-0.4, -0.2) is 65.9 Å². The topological polar surface area (TPSA) is 105 Å². The van der Waals surface area contributed by atoms with Crippen LogP contribution >= 0.6 is 0 Å². The van der Waals surface area contributed by atoms with Crippen molar-refractivity contribution in [2.45, 2.75) is 57.0 Å². The summed E-state index contributed by atoms with van der Waals surface area (Å²) >= 11 is 0. The zero-order valence-corrected chi connectivity index (χ0v) is 16.7. The average Bonchev–Trinajstić information content (AvgIpc) is 3.04. The number of amides is 3. The summed E-state index contributed by atoms with van der Waals surface area (Å²) in [6.07, 6.45) is 2.78. The molecule has 0 aliphatic carbocycles. The Balaban J connectivity index is 1.47. The van der Waals surface area contributed by atoms with Crippen LogP contribution < -0.4 is 11.1 Å². The van der Waals surface area contributed by atoms with Gasteiger partial charge in [-0.25, -0.2) is 0 Å². The van der Waals surface area contributed by atoms with Crippen LogP contribution in [0, 0.1) is 0 Å². The number of nitrogens with one attached hydrogen (secondary N) is 1. The predicted molar refractivity (Wildman–Crippen MR) is 106 cm³/mol. The number of carbonyl (C=O) groups excluding carboxylic acids is 3. The Morgan fingerprint density at radius 3 is 2.79 bits per heavy atom. The fourth-order valence-corrected chi connectivity index (χ4v) is 4.67. The molecule has 0 aromatic heterocycles. The normalized spacial score (nSPS) is 27.9. The van der Waals surface area contributed by atoms with E-state index in [2.05, 4.69) is 16.3 Å². The van der Waals surface area contributed by atoms with Crippen molar-refractivity contribution in [1.29, 1.82) is 0 Å². The number of hydrogen-bond acceptors (Lipinski definition) is 6. The molecule has 1 aromatic rings. The number of nitrogens with zero attached hydrogens (tertiary/aromatic N) is 2. The van der Waals surface area contributed by atoms with Crippen molar-refractivity contribution in [3.63, 3.8) is 0 Å². The highest BCUT2D eigenvalue weighted by Gasteiger charge is 2.39. The Morgan fingerprint density at radius 1 is 1.24 bits per heavy atom. The van der Waals surface area contributed by atoms with Gasteiger partial charge >= 0.3 is 0 Å². The van der Waals surface area contributed by atoms with Gasteiger partial charge in [0.15, 0.2) is 0 Å². The van der Waals surface area contributed by atoms with Gasteiger partial charge < -0.3 is 15.4 Å². The molecule has 4 rings (SSSR count). The SMILES string of the molecule is COC1CCN(Cc2ccc3c(c2)C(=O)N(C2CCC(=O)NC2=O)C3)C(CN)C1. The molecule has 3 aliphatic heterocycles. The van der Waals surface area contributed by atoms with Crippen molar-refractivity contribution in [2.75, 3.05) is 20.2 Å². The van der Waals surface area contributed by atoms with E-state index >= 15 is 0 Å². The summed E-state index contributed by atoms with van der Waals surface area (Å²) in [4.78, 5) is 40.5. The second-order valence-corrected chi connectivity index (χ2v) is 8.13. The van der Waals surface area contributed by atoms with Crippen LogP contribution in [0.5, 0.6) is 0 Å². The predicted octanol–water partition coefficient (Wildman–Crippen LogP) is 0.386. The first-order valence-electron chi connectivity index (χ1n) is 10.2. The fraction of sp³-hybridized carbons (Fsp3) is 0.571. The second-order valence-electron chi connectivity index (χ2n) is 8.13. The Kier molecular flexibility index (Phi) is 5.67. The van der Waals surface area contributed by atoms with Crippen LogP contribution in [0.4, 0.5) is 0 Å². The van der Waals surface area contributed by atoms with Crippen molar-refractivity contribution in [2.24, 2.45) is 5.73 Å². The van der Waals surface area contributed by atoms with E-state index in [-0.39, 0.29) is 36.3 Å². The van der Waals surface area contributed by atoms with Crippen molar-refractivity contribution in [3.8, 4) is 0 Å². The minimum absolute atomic E-state index is 0.134. The van der Waals surface area contributed by atoms with E-state index in [0.717, 1.165) is 37.1 Å². The van der Waals surface area contributed by atoms with Gasteiger partial charge in [0.05, 0.1) is 6.10 Å². The summed E-state index contributed by atoms with van der Waals surface area (Å²) in [5.41, 5.74) is 8.63. The largest absolute Gasteiger partial charge is 0.381 e. The van der Waals surface area contributed by atoms with Gasteiger partial charge in [-0.05, 0) is 36.5 Å². The molecule has 1 aromatic carbocycles. The Bertz CT molecular complexity index is 827. The van der Waals surface area contributed by atoms with Crippen LogP contribution in [0.3, 0.4) is 0 Å². The lowest BCUT2D eigenvalue weighted by atomic mass is 9.98. The summed E-state index contributed by atoms with van der Waals surface area (Å²) in [6, 6.07) is 5.66. The molecule has 3 heterocycles. The molecule has 2 fully saturated rings. The van der Waals surface area contributed by atoms with Gasteiger partial charge in [-0.3, -0.25) is 24.6 Å². The molecule has 0 bridgehead atoms. The van der Waals surface area contributed by atoms with Gasteiger partial charge in [0, 0.05) is 51.3 Å². The number of imide groups is 1. The first kappa shape index (κ1) is 20.0. The van der Waals surface area contributed by atoms with Crippen molar-refractivity contribution >= 4 is 17.7 Å². The highest BCUT2D eigenvalue weighted by atomic mass is 16.5. The van der Waals surface area contributed by atoms with Gasteiger partial charge in [-0.1, -0.05) is 12.1 Å². The number of fused-ring (bicyclic) bond motifs is 1. The molecule has 8 heteroatoms. The third kappa shape index (κ3) is 3.92. The first-order valence-corrected chi connectivity index (χ1v) is 10.2. The lowest BCUT2D eigenvalue weighted by molar-refractivity contribution is -0.136. The van der Waals surface area contributed by atoms with Crippen LogP contribution in [0.15, 0.2) is 18.2 Å². The number of nitrogens with two attached hydrogens (primary N) is 1. The van der Waals surface area contributed by atoms with Crippen molar-refractivity contribution in [1.82, 2.24) is 15.1 Å². The van der Waals surface area contributed by atoms with Crippen molar-refractivity contribution in [3.05, 3.63) is 34.9 Å². The Labute approximate surface area is 170 Å². The van der Waals surface area contributed by atoms with E-state index in [4.69, 9.17) is 10.5 Å². The molecule has 3 aliphatic rings. The maximum Gasteiger partial charge on any atom is 0.255 e. The molecule has 3 unspecified atom stereocenters. The number of hydrogen-bond donors (Lipinski definition) is 2. The van der Waals surface area contributed by atoms with E-state index < -0.39 is 6.04 Å². The van der Waals surface area contributed by atoms with E-state index in [9.17, 15) is 14.4 Å². The summed E-state index contributed by atoms with van der Waals surface area (Å²) in [5, 5.41) is 2.34. The van der Waals surface area contributed by atoms with E-state index in [1.165, 1.54) is 0 Å². The number of ether oxygens (including phenoxy) is 1. The summed E-state index contributed by atoms with van der Waals surface area (Å²) < 4.78 is 5.49. The molecular formula is C21H28N4O4. The minimum Gasteiger partial charge on any atom is -0.381 e. The Morgan fingerprint density at radius 2 is 2.07 bits per heavy atom. The molecule has 8 nitrogen and oxygen atoms in total. The molecule has 3 atom stereocenters. The fourth-order valence-electron chi connectivity index (χ4n) is 4.67. The molecule has 156 valence electrons. The standard InChI is InChI=1S/C21H28N4O4/c1-29-16-6-7-24(15(9-16)10-22)11-13-2-3-14-12-25(21(28)17(14)8-13)18-4-5-19(26)23-20(18)27/h2-3,8,15-16,18H,4-7,9-12,22H2,1H3,(H,23,26,27). The van der Waals surface area contributed by atoms with Gasteiger partial charge in [0.1, 0.15) is 6.04 Å².